The molecule has 114 valence electrons. The van der Waals surface area contributed by atoms with Crippen molar-refractivity contribution >= 4 is 22.8 Å². The van der Waals surface area contributed by atoms with Crippen LogP contribution in [0.1, 0.15) is 46.0 Å². The lowest BCUT2D eigenvalue weighted by molar-refractivity contribution is 0.433. The van der Waals surface area contributed by atoms with Crippen LogP contribution in [-0.4, -0.2) is 39.3 Å². The van der Waals surface area contributed by atoms with Gasteiger partial charge in [0.25, 0.3) is 0 Å². The standard InChI is InChI=1S/C15H24N6/c1-3-7-11-8-5-6-9-21(11)14-12-10-17-20-13(12)18-15(19-14)16-4-2/h10-11H,3-9H2,1-2H3,(H2,16,17,18,19,20). The third kappa shape index (κ3) is 2.80. The van der Waals surface area contributed by atoms with Crippen molar-refractivity contribution in [1.29, 1.82) is 0 Å². The largest absolute Gasteiger partial charge is 0.354 e. The summed E-state index contributed by atoms with van der Waals surface area (Å²) in [5, 5.41) is 11.4. The van der Waals surface area contributed by atoms with Crippen LogP contribution < -0.4 is 10.2 Å². The summed E-state index contributed by atoms with van der Waals surface area (Å²) in [6.07, 6.45) is 8.09. The Morgan fingerprint density at radius 1 is 1.33 bits per heavy atom. The van der Waals surface area contributed by atoms with Crippen LogP contribution in [0, 0.1) is 0 Å². The zero-order valence-corrected chi connectivity index (χ0v) is 12.9. The number of rotatable bonds is 5. The van der Waals surface area contributed by atoms with E-state index in [1.54, 1.807) is 0 Å². The van der Waals surface area contributed by atoms with E-state index in [2.05, 4.69) is 39.2 Å². The fourth-order valence-corrected chi connectivity index (χ4v) is 3.19. The Morgan fingerprint density at radius 3 is 3.05 bits per heavy atom. The van der Waals surface area contributed by atoms with Gasteiger partial charge in [-0.1, -0.05) is 13.3 Å². The molecule has 1 aliphatic heterocycles. The first-order chi connectivity index (χ1) is 10.3. The van der Waals surface area contributed by atoms with Gasteiger partial charge in [0, 0.05) is 19.1 Å². The molecule has 2 aromatic rings. The van der Waals surface area contributed by atoms with Crippen LogP contribution in [-0.2, 0) is 0 Å². The van der Waals surface area contributed by atoms with Gasteiger partial charge in [0.1, 0.15) is 5.82 Å². The van der Waals surface area contributed by atoms with E-state index in [0.29, 0.717) is 12.0 Å². The van der Waals surface area contributed by atoms with E-state index < -0.39 is 0 Å². The molecule has 3 rings (SSSR count). The molecule has 6 heteroatoms. The Kier molecular flexibility index (Phi) is 4.22. The summed E-state index contributed by atoms with van der Waals surface area (Å²) in [5.74, 6) is 1.72. The van der Waals surface area contributed by atoms with Gasteiger partial charge >= 0.3 is 0 Å². The molecule has 0 amide bonds. The first-order valence-electron chi connectivity index (χ1n) is 8.05. The third-order valence-electron chi connectivity index (χ3n) is 4.15. The third-order valence-corrected chi connectivity index (χ3v) is 4.15. The Bertz CT molecular complexity index is 591. The van der Waals surface area contributed by atoms with E-state index in [1.807, 2.05) is 6.20 Å². The lowest BCUT2D eigenvalue weighted by Gasteiger charge is -2.37. The zero-order chi connectivity index (χ0) is 14.7. The van der Waals surface area contributed by atoms with Crippen LogP contribution >= 0.6 is 0 Å². The van der Waals surface area contributed by atoms with Crippen LogP contribution in [0.15, 0.2) is 6.20 Å². The highest BCUT2D eigenvalue weighted by molar-refractivity contribution is 5.87. The minimum Gasteiger partial charge on any atom is -0.354 e. The molecule has 0 aliphatic carbocycles. The molecule has 0 saturated carbocycles. The molecule has 6 nitrogen and oxygen atoms in total. The second-order valence-corrected chi connectivity index (χ2v) is 5.67. The second kappa shape index (κ2) is 6.28. The minimum absolute atomic E-state index is 0.589. The van der Waals surface area contributed by atoms with Crippen molar-refractivity contribution in [3.63, 3.8) is 0 Å². The normalized spacial score (nSPS) is 19.1. The highest BCUT2D eigenvalue weighted by atomic mass is 15.3. The predicted octanol–water partition coefficient (Wildman–Crippen LogP) is 2.94. The fourth-order valence-electron chi connectivity index (χ4n) is 3.19. The van der Waals surface area contributed by atoms with Crippen molar-refractivity contribution in [2.24, 2.45) is 0 Å². The van der Waals surface area contributed by atoms with Crippen LogP contribution in [0.2, 0.25) is 0 Å². The molecule has 1 saturated heterocycles. The van der Waals surface area contributed by atoms with Gasteiger partial charge < -0.3 is 10.2 Å². The molecule has 2 aromatic heterocycles. The molecule has 2 N–H and O–H groups in total. The molecule has 0 spiro atoms. The maximum absolute atomic E-state index is 4.76. The van der Waals surface area contributed by atoms with Crippen molar-refractivity contribution in [2.45, 2.75) is 52.0 Å². The van der Waals surface area contributed by atoms with Crippen molar-refractivity contribution in [3.05, 3.63) is 6.20 Å². The smallest absolute Gasteiger partial charge is 0.226 e. The monoisotopic (exact) mass is 288 g/mol. The first-order valence-corrected chi connectivity index (χ1v) is 8.05. The number of piperidine rings is 1. The molecule has 21 heavy (non-hydrogen) atoms. The highest BCUT2D eigenvalue weighted by Crippen LogP contribution is 2.31. The molecule has 1 fully saturated rings. The van der Waals surface area contributed by atoms with Crippen molar-refractivity contribution in [1.82, 2.24) is 20.2 Å². The average Bonchev–Trinajstić information content (AvgIpc) is 2.96. The molecule has 1 atom stereocenters. The number of H-pyrrole nitrogens is 1. The Balaban J connectivity index is 2.01. The average molecular weight is 288 g/mol. The van der Waals surface area contributed by atoms with E-state index >= 15 is 0 Å². The number of hydrogen-bond donors (Lipinski definition) is 2. The molecule has 0 bridgehead atoms. The van der Waals surface area contributed by atoms with Gasteiger partial charge in [-0.3, -0.25) is 5.10 Å². The first kappa shape index (κ1) is 14.1. The molecule has 0 aromatic carbocycles. The second-order valence-electron chi connectivity index (χ2n) is 5.67. The van der Waals surface area contributed by atoms with Gasteiger partial charge in [-0.05, 0) is 32.6 Å². The van der Waals surface area contributed by atoms with Crippen molar-refractivity contribution in [3.8, 4) is 0 Å². The maximum atomic E-state index is 4.76. The summed E-state index contributed by atoms with van der Waals surface area (Å²) in [6.45, 7) is 6.20. The molecule has 0 radical (unpaired) electrons. The Morgan fingerprint density at radius 2 is 2.24 bits per heavy atom. The van der Waals surface area contributed by atoms with Gasteiger partial charge in [-0.25, -0.2) is 0 Å². The fraction of sp³-hybridized carbons (Fsp3) is 0.667. The summed E-state index contributed by atoms with van der Waals surface area (Å²) in [7, 11) is 0. The van der Waals surface area contributed by atoms with Crippen LogP contribution in [0.4, 0.5) is 11.8 Å². The van der Waals surface area contributed by atoms with Gasteiger partial charge in [0.2, 0.25) is 5.95 Å². The van der Waals surface area contributed by atoms with E-state index in [1.165, 1.54) is 32.1 Å². The number of nitrogens with zero attached hydrogens (tertiary/aromatic N) is 4. The summed E-state index contributed by atoms with van der Waals surface area (Å²) in [4.78, 5) is 11.7. The molecular formula is C15H24N6. The molecular weight excluding hydrogens is 264 g/mol. The number of aromatic amines is 1. The van der Waals surface area contributed by atoms with Crippen LogP contribution in [0.25, 0.3) is 11.0 Å². The van der Waals surface area contributed by atoms with Crippen LogP contribution in [0.5, 0.6) is 0 Å². The van der Waals surface area contributed by atoms with Gasteiger partial charge in [-0.15, -0.1) is 0 Å². The van der Waals surface area contributed by atoms with Crippen molar-refractivity contribution < 1.29 is 0 Å². The Labute approximate surface area is 125 Å². The quantitative estimate of drug-likeness (QED) is 0.885. The number of anilines is 2. The van der Waals surface area contributed by atoms with E-state index in [-0.39, 0.29) is 0 Å². The lowest BCUT2D eigenvalue weighted by Crippen LogP contribution is -2.40. The summed E-state index contributed by atoms with van der Waals surface area (Å²) in [6, 6.07) is 0.589. The highest BCUT2D eigenvalue weighted by Gasteiger charge is 2.25. The SMILES string of the molecule is CCCC1CCCCN1c1nc(NCC)nc2[nH]ncc12. The molecule has 1 aliphatic rings. The minimum atomic E-state index is 0.589. The number of nitrogens with one attached hydrogen (secondary N) is 2. The van der Waals surface area contributed by atoms with E-state index in [0.717, 1.165) is 29.9 Å². The number of hydrogen-bond acceptors (Lipinski definition) is 5. The lowest BCUT2D eigenvalue weighted by atomic mass is 9.98. The predicted molar refractivity (Wildman–Crippen MR) is 85.7 cm³/mol. The van der Waals surface area contributed by atoms with Gasteiger partial charge in [0.15, 0.2) is 5.65 Å². The van der Waals surface area contributed by atoms with E-state index in [4.69, 9.17) is 4.98 Å². The number of fused-ring (bicyclic) bond motifs is 1. The Hall–Kier alpha value is -1.85. The number of aromatic nitrogens is 4. The van der Waals surface area contributed by atoms with Gasteiger partial charge in [-0.2, -0.15) is 15.1 Å². The van der Waals surface area contributed by atoms with Crippen molar-refractivity contribution in [2.75, 3.05) is 23.3 Å². The van der Waals surface area contributed by atoms with E-state index in [9.17, 15) is 0 Å². The molecule has 1 unspecified atom stereocenters. The van der Waals surface area contributed by atoms with Gasteiger partial charge in [0.05, 0.1) is 11.6 Å². The topological polar surface area (TPSA) is 69.7 Å². The maximum Gasteiger partial charge on any atom is 0.226 e. The summed E-state index contributed by atoms with van der Waals surface area (Å²) >= 11 is 0. The zero-order valence-electron chi connectivity index (χ0n) is 12.9. The molecule has 3 heterocycles. The summed E-state index contributed by atoms with van der Waals surface area (Å²) in [5.41, 5.74) is 0.816. The summed E-state index contributed by atoms with van der Waals surface area (Å²) < 4.78 is 0. The van der Waals surface area contributed by atoms with Crippen LogP contribution in [0.3, 0.4) is 0 Å².